The number of aromatic nitrogens is 2. The number of pyridine rings is 1. The van der Waals surface area contributed by atoms with Crippen molar-refractivity contribution < 1.29 is 14.3 Å². The van der Waals surface area contributed by atoms with Crippen molar-refractivity contribution in [2.24, 2.45) is 0 Å². The predicted octanol–water partition coefficient (Wildman–Crippen LogP) is 6.67. The van der Waals surface area contributed by atoms with Crippen molar-refractivity contribution in [3.05, 3.63) is 35.7 Å². The van der Waals surface area contributed by atoms with Crippen molar-refractivity contribution in [1.82, 2.24) is 9.97 Å². The molecule has 2 aromatic heterocycles. The summed E-state index contributed by atoms with van der Waals surface area (Å²) in [6.45, 7) is 4.10. The second kappa shape index (κ2) is 11.7. The number of aryl methyl sites for hydroxylation is 1. The number of rotatable bonds is 12. The third-order valence-corrected chi connectivity index (χ3v) is 5.96. The van der Waals surface area contributed by atoms with Gasteiger partial charge in [-0.2, -0.15) is 0 Å². The monoisotopic (exact) mass is 437 g/mol. The molecular formula is C26H35N3O3. The molecule has 0 unspecified atom stereocenters. The molecule has 0 saturated carbocycles. The molecule has 0 spiro atoms. The highest BCUT2D eigenvalue weighted by Crippen LogP contribution is 2.30. The fourth-order valence-corrected chi connectivity index (χ4v) is 4.16. The molecular weight excluding hydrogens is 402 g/mol. The molecule has 0 fully saturated rings. The fraction of sp³-hybridized carbons (Fsp3) is 0.500. The van der Waals surface area contributed by atoms with Gasteiger partial charge >= 0.3 is 5.97 Å². The number of anilines is 1. The van der Waals surface area contributed by atoms with Gasteiger partial charge in [0.25, 0.3) is 0 Å². The summed E-state index contributed by atoms with van der Waals surface area (Å²) in [6.07, 6.45) is 11.7. The Balaban J connectivity index is 1.57. The number of esters is 1. The number of nitrogens with one attached hydrogen (secondary N) is 2. The number of carbonyl (C=O) groups is 2. The summed E-state index contributed by atoms with van der Waals surface area (Å²) in [5.41, 5.74) is 3.58. The minimum Gasteiger partial charge on any atom is -0.464 e. The molecule has 0 saturated heterocycles. The van der Waals surface area contributed by atoms with E-state index < -0.39 is 5.97 Å². The van der Waals surface area contributed by atoms with Crippen LogP contribution in [-0.2, 0) is 9.53 Å². The summed E-state index contributed by atoms with van der Waals surface area (Å²) in [5.74, 6) is -0.421. The van der Waals surface area contributed by atoms with Crippen LogP contribution in [0.2, 0.25) is 0 Å². The van der Waals surface area contributed by atoms with Gasteiger partial charge in [-0.05, 0) is 37.6 Å². The first-order chi connectivity index (χ1) is 15.5. The Kier molecular flexibility index (Phi) is 8.65. The highest BCUT2D eigenvalue weighted by atomic mass is 16.5. The molecule has 172 valence electrons. The topological polar surface area (TPSA) is 84.1 Å². The number of methoxy groups -OCH3 is 1. The number of amides is 1. The zero-order valence-corrected chi connectivity index (χ0v) is 19.6. The molecule has 0 aliphatic rings. The largest absolute Gasteiger partial charge is 0.464 e. The maximum Gasteiger partial charge on any atom is 0.356 e. The molecule has 3 aromatic rings. The summed E-state index contributed by atoms with van der Waals surface area (Å²) < 4.78 is 4.82. The van der Waals surface area contributed by atoms with Crippen LogP contribution in [0.1, 0.15) is 87.3 Å². The molecule has 0 bridgehead atoms. The Morgan fingerprint density at radius 1 is 0.969 bits per heavy atom. The van der Waals surface area contributed by atoms with E-state index in [4.69, 9.17) is 4.74 Å². The molecule has 2 heterocycles. The lowest BCUT2D eigenvalue weighted by atomic mass is 10.1. The number of fused-ring (bicyclic) bond motifs is 3. The van der Waals surface area contributed by atoms with E-state index in [9.17, 15) is 9.59 Å². The number of nitrogens with zero attached hydrogens (tertiary/aromatic N) is 1. The molecule has 1 aromatic carbocycles. The van der Waals surface area contributed by atoms with E-state index in [1.807, 2.05) is 25.1 Å². The van der Waals surface area contributed by atoms with Crippen LogP contribution in [0.4, 0.5) is 5.69 Å². The first-order valence-corrected chi connectivity index (χ1v) is 11.8. The Labute approximate surface area is 190 Å². The van der Waals surface area contributed by atoms with Gasteiger partial charge in [-0.3, -0.25) is 4.79 Å². The molecule has 32 heavy (non-hydrogen) atoms. The van der Waals surface area contributed by atoms with Gasteiger partial charge < -0.3 is 15.0 Å². The summed E-state index contributed by atoms with van der Waals surface area (Å²) in [5, 5.41) is 4.85. The van der Waals surface area contributed by atoms with Gasteiger partial charge in [-0.1, -0.05) is 58.3 Å². The minimum atomic E-state index is -0.463. The van der Waals surface area contributed by atoms with E-state index >= 15 is 0 Å². The zero-order chi connectivity index (χ0) is 22.9. The molecule has 1 amide bonds. The zero-order valence-electron chi connectivity index (χ0n) is 19.6. The number of ether oxygens (including phenoxy) is 1. The molecule has 0 atom stereocenters. The molecule has 6 heteroatoms. The van der Waals surface area contributed by atoms with Gasteiger partial charge in [0, 0.05) is 28.4 Å². The summed E-state index contributed by atoms with van der Waals surface area (Å²) in [6, 6.07) is 7.53. The number of aromatic amines is 1. The van der Waals surface area contributed by atoms with Crippen molar-refractivity contribution in [3.63, 3.8) is 0 Å². The van der Waals surface area contributed by atoms with Crippen molar-refractivity contribution in [1.29, 1.82) is 0 Å². The lowest BCUT2D eigenvalue weighted by Gasteiger charge is -2.06. The van der Waals surface area contributed by atoms with E-state index in [-0.39, 0.29) is 11.6 Å². The number of benzene rings is 1. The molecule has 3 rings (SSSR count). The average Bonchev–Trinajstić information content (AvgIpc) is 3.16. The van der Waals surface area contributed by atoms with Crippen LogP contribution in [0.25, 0.3) is 21.8 Å². The highest BCUT2D eigenvalue weighted by Gasteiger charge is 2.15. The Morgan fingerprint density at radius 3 is 2.34 bits per heavy atom. The second-order valence-corrected chi connectivity index (χ2v) is 8.52. The SMILES string of the molecule is CCCCCCCCCCCC(=O)Nc1ccc2[nH]c3c(C)nc(C(=O)OC)cc3c2c1. The predicted molar refractivity (Wildman–Crippen MR) is 130 cm³/mol. The second-order valence-electron chi connectivity index (χ2n) is 8.52. The third-order valence-electron chi connectivity index (χ3n) is 5.96. The molecule has 0 aliphatic carbocycles. The average molecular weight is 438 g/mol. The lowest BCUT2D eigenvalue weighted by molar-refractivity contribution is -0.116. The van der Waals surface area contributed by atoms with Gasteiger partial charge in [0.1, 0.15) is 5.69 Å². The first-order valence-electron chi connectivity index (χ1n) is 11.8. The Morgan fingerprint density at radius 2 is 1.66 bits per heavy atom. The van der Waals surface area contributed by atoms with Gasteiger partial charge in [0.15, 0.2) is 0 Å². The first kappa shape index (κ1) is 23.8. The number of H-pyrrole nitrogens is 1. The smallest absolute Gasteiger partial charge is 0.356 e. The number of hydrogen-bond donors (Lipinski definition) is 2. The Hall–Kier alpha value is -2.89. The van der Waals surface area contributed by atoms with Crippen LogP contribution in [0, 0.1) is 6.92 Å². The van der Waals surface area contributed by atoms with Crippen LogP contribution >= 0.6 is 0 Å². The van der Waals surface area contributed by atoms with E-state index in [0.717, 1.165) is 46.0 Å². The lowest BCUT2D eigenvalue weighted by Crippen LogP contribution is -2.10. The standard InChI is InChI=1S/C26H35N3O3/c1-4-5-6-7-8-9-10-11-12-13-24(30)28-19-14-15-22-20(16-19)21-17-23(26(31)32-3)27-18(2)25(21)29-22/h14-17,29H,4-13H2,1-3H3,(H,28,30). The van der Waals surface area contributed by atoms with Gasteiger partial charge in [-0.15, -0.1) is 0 Å². The Bertz CT molecular complexity index is 1070. The quantitative estimate of drug-likeness (QED) is 0.245. The number of hydrogen-bond acceptors (Lipinski definition) is 4. The van der Waals surface area contributed by atoms with Gasteiger partial charge in [0.2, 0.25) is 5.91 Å². The normalized spacial score (nSPS) is 11.2. The highest BCUT2D eigenvalue weighted by molar-refractivity contribution is 6.11. The van der Waals surface area contributed by atoms with E-state index in [0.29, 0.717) is 6.42 Å². The van der Waals surface area contributed by atoms with Crippen LogP contribution in [-0.4, -0.2) is 29.0 Å². The molecule has 6 nitrogen and oxygen atoms in total. The maximum atomic E-state index is 12.4. The summed E-state index contributed by atoms with van der Waals surface area (Å²) in [7, 11) is 1.35. The fourth-order valence-electron chi connectivity index (χ4n) is 4.16. The number of carbonyl (C=O) groups excluding carboxylic acids is 2. The van der Waals surface area contributed by atoms with Crippen molar-refractivity contribution in [2.75, 3.05) is 12.4 Å². The minimum absolute atomic E-state index is 0.0419. The van der Waals surface area contributed by atoms with E-state index in [1.165, 1.54) is 52.1 Å². The molecule has 2 N–H and O–H groups in total. The van der Waals surface area contributed by atoms with Gasteiger partial charge in [0.05, 0.1) is 18.3 Å². The van der Waals surface area contributed by atoms with E-state index in [2.05, 4.69) is 22.2 Å². The molecule has 0 aliphatic heterocycles. The van der Waals surface area contributed by atoms with Gasteiger partial charge in [-0.25, -0.2) is 9.78 Å². The van der Waals surface area contributed by atoms with Crippen LogP contribution in [0.5, 0.6) is 0 Å². The molecule has 0 radical (unpaired) electrons. The summed E-state index contributed by atoms with van der Waals surface area (Å²) in [4.78, 5) is 32.0. The van der Waals surface area contributed by atoms with E-state index in [1.54, 1.807) is 6.07 Å². The van der Waals surface area contributed by atoms with Crippen molar-refractivity contribution in [3.8, 4) is 0 Å². The summed E-state index contributed by atoms with van der Waals surface area (Å²) >= 11 is 0. The van der Waals surface area contributed by atoms with Crippen LogP contribution < -0.4 is 5.32 Å². The third kappa shape index (κ3) is 6.09. The van der Waals surface area contributed by atoms with Crippen LogP contribution in [0.15, 0.2) is 24.3 Å². The van der Waals surface area contributed by atoms with Crippen LogP contribution in [0.3, 0.4) is 0 Å². The van der Waals surface area contributed by atoms with Crippen molar-refractivity contribution in [2.45, 2.75) is 78.1 Å². The maximum absolute atomic E-state index is 12.4. The van der Waals surface area contributed by atoms with Crippen molar-refractivity contribution >= 4 is 39.4 Å². The number of unbranched alkanes of at least 4 members (excludes halogenated alkanes) is 8.